The second kappa shape index (κ2) is 7.07. The van der Waals surface area contributed by atoms with Gasteiger partial charge >= 0.3 is 0 Å². The summed E-state index contributed by atoms with van der Waals surface area (Å²) in [5, 5.41) is 4.19. The van der Waals surface area contributed by atoms with Crippen molar-refractivity contribution in [2.75, 3.05) is 11.3 Å². The molecule has 0 bridgehead atoms. The number of anilines is 1. The van der Waals surface area contributed by atoms with Gasteiger partial charge in [0.15, 0.2) is 5.76 Å². The van der Waals surface area contributed by atoms with Crippen molar-refractivity contribution in [1.29, 1.82) is 0 Å². The first kappa shape index (κ1) is 19.3. The van der Waals surface area contributed by atoms with Crippen LogP contribution < -0.4 is 4.72 Å². The third-order valence-electron chi connectivity index (χ3n) is 5.20. The van der Waals surface area contributed by atoms with Crippen LogP contribution in [-0.2, 0) is 30.0 Å². The SMILES string of the molecule is Cc1nn(C)c(C)c1S(=O)(=O)Nc1ccc2c(c1)CN(C(=O)c1ccco1)CC2. The number of carbonyl (C=O) groups is 1. The lowest BCUT2D eigenvalue weighted by Gasteiger charge is -2.28. The number of hydrogen-bond acceptors (Lipinski definition) is 5. The molecule has 3 aromatic rings. The van der Waals surface area contributed by atoms with Crippen molar-refractivity contribution in [3.8, 4) is 0 Å². The highest BCUT2D eigenvalue weighted by molar-refractivity contribution is 7.92. The molecule has 0 saturated carbocycles. The van der Waals surface area contributed by atoms with Gasteiger partial charge in [0, 0.05) is 25.8 Å². The van der Waals surface area contributed by atoms with E-state index in [2.05, 4.69) is 9.82 Å². The number of benzene rings is 1. The molecule has 0 atom stereocenters. The zero-order valence-electron chi connectivity index (χ0n) is 16.5. The van der Waals surface area contributed by atoms with E-state index in [-0.39, 0.29) is 10.8 Å². The molecule has 0 unspecified atom stereocenters. The van der Waals surface area contributed by atoms with Gasteiger partial charge in [0.2, 0.25) is 0 Å². The average Bonchev–Trinajstić information content (AvgIpc) is 3.29. The van der Waals surface area contributed by atoms with Gasteiger partial charge in [-0.05, 0) is 55.7 Å². The van der Waals surface area contributed by atoms with Gasteiger partial charge in [0.05, 0.1) is 17.7 Å². The second-order valence-electron chi connectivity index (χ2n) is 7.17. The molecule has 0 radical (unpaired) electrons. The van der Waals surface area contributed by atoms with Crippen molar-refractivity contribution in [1.82, 2.24) is 14.7 Å². The number of aryl methyl sites for hydroxylation is 2. The van der Waals surface area contributed by atoms with E-state index >= 15 is 0 Å². The minimum absolute atomic E-state index is 0.173. The molecule has 29 heavy (non-hydrogen) atoms. The predicted molar refractivity (Wildman–Crippen MR) is 107 cm³/mol. The Kier molecular flexibility index (Phi) is 4.70. The van der Waals surface area contributed by atoms with Crippen LogP contribution in [0.3, 0.4) is 0 Å². The smallest absolute Gasteiger partial charge is 0.289 e. The zero-order chi connectivity index (χ0) is 20.8. The van der Waals surface area contributed by atoms with Gasteiger partial charge in [-0.3, -0.25) is 14.2 Å². The fourth-order valence-electron chi connectivity index (χ4n) is 3.70. The number of sulfonamides is 1. The summed E-state index contributed by atoms with van der Waals surface area (Å²) in [6.45, 7) is 4.38. The Balaban J connectivity index is 1.59. The molecule has 9 heteroatoms. The van der Waals surface area contributed by atoms with Crippen molar-refractivity contribution in [2.24, 2.45) is 7.05 Å². The van der Waals surface area contributed by atoms with Crippen LogP contribution in [0, 0.1) is 13.8 Å². The molecule has 3 heterocycles. The maximum absolute atomic E-state index is 12.9. The molecule has 0 fully saturated rings. The molecule has 4 rings (SSSR count). The molecular formula is C20H22N4O4S. The molecule has 2 aromatic heterocycles. The van der Waals surface area contributed by atoms with Crippen LogP contribution in [0.2, 0.25) is 0 Å². The number of hydrogen-bond donors (Lipinski definition) is 1. The molecule has 0 aliphatic carbocycles. The van der Waals surface area contributed by atoms with Crippen molar-refractivity contribution in [2.45, 2.75) is 31.7 Å². The molecular weight excluding hydrogens is 392 g/mol. The normalized spacial score (nSPS) is 14.0. The number of rotatable bonds is 4. The first-order valence-corrected chi connectivity index (χ1v) is 10.7. The summed E-state index contributed by atoms with van der Waals surface area (Å²) in [5.74, 6) is 0.126. The van der Waals surface area contributed by atoms with E-state index in [1.807, 2.05) is 6.07 Å². The Labute approximate surface area is 169 Å². The first-order valence-electron chi connectivity index (χ1n) is 9.24. The molecule has 1 aliphatic heterocycles. The van der Waals surface area contributed by atoms with Gasteiger partial charge in [0.1, 0.15) is 4.90 Å². The highest BCUT2D eigenvalue weighted by atomic mass is 32.2. The van der Waals surface area contributed by atoms with E-state index in [9.17, 15) is 13.2 Å². The summed E-state index contributed by atoms with van der Waals surface area (Å²) in [5.41, 5.74) is 3.49. The second-order valence-corrected chi connectivity index (χ2v) is 8.79. The largest absolute Gasteiger partial charge is 0.459 e. The number of amides is 1. The predicted octanol–water partition coefficient (Wildman–Crippen LogP) is 2.63. The average molecular weight is 414 g/mol. The van der Waals surface area contributed by atoms with Crippen LogP contribution >= 0.6 is 0 Å². The molecule has 0 spiro atoms. The summed E-state index contributed by atoms with van der Waals surface area (Å²) in [7, 11) is -2.06. The quantitative estimate of drug-likeness (QED) is 0.708. The maximum atomic E-state index is 12.9. The number of furan rings is 1. The van der Waals surface area contributed by atoms with Crippen LogP contribution in [0.5, 0.6) is 0 Å². The fraction of sp³-hybridized carbons (Fsp3) is 0.300. The Hall–Kier alpha value is -3.07. The Morgan fingerprint density at radius 2 is 2.00 bits per heavy atom. The lowest BCUT2D eigenvalue weighted by atomic mass is 9.99. The highest BCUT2D eigenvalue weighted by Gasteiger charge is 2.26. The third kappa shape index (κ3) is 3.53. The molecule has 152 valence electrons. The minimum Gasteiger partial charge on any atom is -0.459 e. The standard InChI is InChI=1S/C20H22N4O4S/c1-13-19(14(2)23(3)21-13)29(26,27)22-17-7-6-15-8-9-24(12-16(15)11-17)20(25)18-5-4-10-28-18/h4-7,10-11,22H,8-9,12H2,1-3H3. The van der Waals surface area contributed by atoms with Crippen molar-refractivity contribution < 1.29 is 17.6 Å². The monoisotopic (exact) mass is 414 g/mol. The molecule has 1 amide bonds. The van der Waals surface area contributed by atoms with Crippen molar-refractivity contribution >= 4 is 21.6 Å². The lowest BCUT2D eigenvalue weighted by Crippen LogP contribution is -2.35. The lowest BCUT2D eigenvalue weighted by molar-refractivity contribution is 0.0702. The Morgan fingerprint density at radius 3 is 2.66 bits per heavy atom. The number of carbonyl (C=O) groups excluding carboxylic acids is 1. The minimum atomic E-state index is -3.77. The van der Waals surface area contributed by atoms with Crippen molar-refractivity contribution in [3.63, 3.8) is 0 Å². The van der Waals surface area contributed by atoms with Crippen LogP contribution in [0.4, 0.5) is 5.69 Å². The fourth-order valence-corrected chi connectivity index (χ4v) is 5.19. The van der Waals surface area contributed by atoms with E-state index in [1.165, 1.54) is 6.26 Å². The number of nitrogens with one attached hydrogen (secondary N) is 1. The van der Waals surface area contributed by atoms with E-state index in [0.29, 0.717) is 42.3 Å². The Bertz CT molecular complexity index is 1180. The van der Waals surface area contributed by atoms with Crippen LogP contribution in [-0.4, -0.2) is 35.6 Å². The van der Waals surface area contributed by atoms with Gasteiger partial charge in [-0.1, -0.05) is 6.07 Å². The number of nitrogens with zero attached hydrogens (tertiary/aromatic N) is 3. The van der Waals surface area contributed by atoms with Crippen molar-refractivity contribution in [3.05, 3.63) is 64.9 Å². The van der Waals surface area contributed by atoms with E-state index in [0.717, 1.165) is 11.1 Å². The van der Waals surface area contributed by atoms with Gasteiger partial charge in [0.25, 0.3) is 15.9 Å². The van der Waals surface area contributed by atoms with Gasteiger partial charge < -0.3 is 9.32 Å². The highest BCUT2D eigenvalue weighted by Crippen LogP contribution is 2.27. The van der Waals surface area contributed by atoms with Gasteiger partial charge in [-0.25, -0.2) is 8.42 Å². The van der Waals surface area contributed by atoms with Crippen LogP contribution in [0.15, 0.2) is 45.9 Å². The molecule has 8 nitrogen and oxygen atoms in total. The van der Waals surface area contributed by atoms with Crippen LogP contribution in [0.25, 0.3) is 0 Å². The van der Waals surface area contributed by atoms with Gasteiger partial charge in [-0.2, -0.15) is 5.10 Å². The summed E-state index contributed by atoms with van der Waals surface area (Å²) >= 11 is 0. The number of fused-ring (bicyclic) bond motifs is 1. The Morgan fingerprint density at radius 1 is 1.21 bits per heavy atom. The summed E-state index contributed by atoms with van der Waals surface area (Å²) < 4.78 is 35.2. The summed E-state index contributed by atoms with van der Waals surface area (Å²) in [4.78, 5) is 14.4. The van der Waals surface area contributed by atoms with E-state index < -0.39 is 10.0 Å². The maximum Gasteiger partial charge on any atom is 0.289 e. The topological polar surface area (TPSA) is 97.4 Å². The molecule has 0 saturated heterocycles. The summed E-state index contributed by atoms with van der Waals surface area (Å²) in [6.07, 6.45) is 2.18. The third-order valence-corrected chi connectivity index (χ3v) is 6.83. The zero-order valence-corrected chi connectivity index (χ0v) is 17.3. The first-order chi connectivity index (χ1) is 13.8. The molecule has 1 N–H and O–H groups in total. The molecule has 1 aromatic carbocycles. The molecule has 1 aliphatic rings. The van der Waals surface area contributed by atoms with Gasteiger partial charge in [-0.15, -0.1) is 0 Å². The van der Waals surface area contributed by atoms with Crippen LogP contribution in [0.1, 0.15) is 33.1 Å². The van der Waals surface area contributed by atoms with E-state index in [1.54, 1.807) is 54.7 Å². The summed E-state index contributed by atoms with van der Waals surface area (Å²) in [6, 6.07) is 8.77. The van der Waals surface area contributed by atoms with E-state index in [4.69, 9.17) is 4.42 Å². The number of aromatic nitrogens is 2.